The van der Waals surface area contributed by atoms with Gasteiger partial charge < -0.3 is 0 Å². The second kappa shape index (κ2) is 4.90. The molecule has 0 fully saturated rings. The molecule has 0 N–H and O–H groups in total. The molecule has 0 spiro atoms. The van der Waals surface area contributed by atoms with Gasteiger partial charge >= 0.3 is 0 Å². The van der Waals surface area contributed by atoms with Gasteiger partial charge in [-0.05, 0) is 6.92 Å². The van der Waals surface area contributed by atoms with E-state index in [0.717, 1.165) is 0 Å². The molecule has 0 rings (SSSR count). The van der Waals surface area contributed by atoms with Crippen molar-refractivity contribution < 1.29 is 0 Å². The summed E-state index contributed by atoms with van der Waals surface area (Å²) < 4.78 is 0. The molecule has 0 amide bonds. The van der Waals surface area contributed by atoms with Gasteiger partial charge in [-0.25, -0.2) is 4.99 Å². The van der Waals surface area contributed by atoms with Crippen LogP contribution in [0.15, 0.2) is 40.8 Å². The molecule has 3 heteroatoms. The van der Waals surface area contributed by atoms with Crippen LogP contribution in [0.2, 0.25) is 0 Å². The average molecular weight is 123 g/mol. The van der Waals surface area contributed by atoms with Crippen molar-refractivity contribution in [3.63, 3.8) is 0 Å². The number of aliphatic imine (C=N–C) groups is 1. The van der Waals surface area contributed by atoms with Gasteiger partial charge in [0.05, 0.1) is 0 Å². The fourth-order valence-electron chi connectivity index (χ4n) is 0.282. The Morgan fingerprint density at radius 1 is 1.33 bits per heavy atom. The molecule has 0 aliphatic rings. The first-order valence-electron chi connectivity index (χ1n) is 2.48. The number of hydrogen-bond acceptors (Lipinski definition) is 2. The third-order valence-corrected chi connectivity index (χ3v) is 0.562. The van der Waals surface area contributed by atoms with E-state index in [4.69, 9.17) is 0 Å². The summed E-state index contributed by atoms with van der Waals surface area (Å²) >= 11 is 0. The van der Waals surface area contributed by atoms with Crippen LogP contribution < -0.4 is 0 Å². The number of nitrogens with zero attached hydrogens (tertiary/aromatic N) is 3. The van der Waals surface area contributed by atoms with Crippen LogP contribution in [-0.4, -0.2) is 5.84 Å². The standard InChI is InChI=1S/C6H9N3/c1-4-7-6(3)9-8-5-2/h4-5H,1-2H2,3H3/b7-6-,9-8-. The van der Waals surface area contributed by atoms with Gasteiger partial charge in [0.15, 0.2) is 0 Å². The highest BCUT2D eigenvalue weighted by molar-refractivity contribution is 5.80. The van der Waals surface area contributed by atoms with Crippen molar-refractivity contribution in [3.05, 3.63) is 25.6 Å². The average Bonchev–Trinajstić information content (AvgIpc) is 1.85. The van der Waals surface area contributed by atoms with Crippen LogP contribution in [0.3, 0.4) is 0 Å². The first kappa shape index (κ1) is 7.75. The Labute approximate surface area is 54.5 Å². The third-order valence-electron chi connectivity index (χ3n) is 0.562. The van der Waals surface area contributed by atoms with E-state index in [2.05, 4.69) is 28.4 Å². The van der Waals surface area contributed by atoms with Crippen LogP contribution in [0.4, 0.5) is 0 Å². The molecule has 0 unspecified atom stereocenters. The van der Waals surface area contributed by atoms with E-state index in [1.54, 1.807) is 6.92 Å². The topological polar surface area (TPSA) is 37.1 Å². The monoisotopic (exact) mass is 123 g/mol. The molecule has 0 heterocycles. The van der Waals surface area contributed by atoms with Crippen LogP contribution in [0.25, 0.3) is 0 Å². The summed E-state index contributed by atoms with van der Waals surface area (Å²) in [6.45, 7) is 8.48. The van der Waals surface area contributed by atoms with E-state index in [9.17, 15) is 0 Å². The molecule has 48 valence electrons. The zero-order valence-electron chi connectivity index (χ0n) is 5.41. The van der Waals surface area contributed by atoms with Gasteiger partial charge in [-0.15, -0.1) is 5.11 Å². The van der Waals surface area contributed by atoms with Crippen LogP contribution in [0, 0.1) is 0 Å². The van der Waals surface area contributed by atoms with Crippen LogP contribution in [0.5, 0.6) is 0 Å². The Kier molecular flexibility index (Phi) is 4.22. The molecule has 0 aliphatic carbocycles. The molecule has 0 aromatic heterocycles. The maximum Gasteiger partial charge on any atom is 0.147 e. The summed E-state index contributed by atoms with van der Waals surface area (Å²) in [4.78, 5) is 3.73. The molecule has 3 nitrogen and oxygen atoms in total. The van der Waals surface area contributed by atoms with Gasteiger partial charge in [-0.2, -0.15) is 5.11 Å². The summed E-state index contributed by atoms with van der Waals surface area (Å²) in [7, 11) is 0. The number of amidine groups is 1. The molecule has 0 aromatic rings. The summed E-state index contributed by atoms with van der Waals surface area (Å²) in [5.74, 6) is 0.574. The Balaban J connectivity index is 3.88. The van der Waals surface area contributed by atoms with Gasteiger partial charge in [0, 0.05) is 12.4 Å². The van der Waals surface area contributed by atoms with Crippen molar-refractivity contribution in [2.45, 2.75) is 6.92 Å². The molecule has 0 atom stereocenters. The summed E-state index contributed by atoms with van der Waals surface area (Å²) in [5, 5.41) is 7.12. The summed E-state index contributed by atoms with van der Waals surface area (Å²) in [6.07, 6.45) is 2.76. The SMILES string of the molecule is C=C/N=N\C(C)=N/C=C. The van der Waals surface area contributed by atoms with Gasteiger partial charge in [0.1, 0.15) is 5.84 Å². The minimum Gasteiger partial charge on any atom is -0.240 e. The van der Waals surface area contributed by atoms with E-state index in [-0.39, 0.29) is 0 Å². The Morgan fingerprint density at radius 2 is 2.00 bits per heavy atom. The fourth-order valence-corrected chi connectivity index (χ4v) is 0.282. The second-order valence-electron chi connectivity index (χ2n) is 1.26. The Morgan fingerprint density at radius 3 is 2.44 bits per heavy atom. The van der Waals surface area contributed by atoms with Crippen molar-refractivity contribution >= 4 is 5.84 Å². The van der Waals surface area contributed by atoms with Gasteiger partial charge in [0.25, 0.3) is 0 Å². The van der Waals surface area contributed by atoms with Gasteiger partial charge in [0.2, 0.25) is 0 Å². The number of hydrogen-bond donors (Lipinski definition) is 0. The van der Waals surface area contributed by atoms with Crippen LogP contribution in [-0.2, 0) is 0 Å². The predicted molar refractivity (Wildman–Crippen MR) is 38.4 cm³/mol. The van der Waals surface area contributed by atoms with Crippen molar-refractivity contribution in [2.75, 3.05) is 0 Å². The van der Waals surface area contributed by atoms with E-state index in [1.165, 1.54) is 12.4 Å². The molecule has 0 saturated carbocycles. The minimum atomic E-state index is 0.574. The molecule has 0 bridgehead atoms. The van der Waals surface area contributed by atoms with E-state index >= 15 is 0 Å². The molecule has 0 saturated heterocycles. The van der Waals surface area contributed by atoms with Crippen molar-refractivity contribution in [1.29, 1.82) is 0 Å². The zero-order valence-corrected chi connectivity index (χ0v) is 5.41. The molecule has 9 heavy (non-hydrogen) atoms. The quantitative estimate of drug-likeness (QED) is 0.306. The molecular formula is C6H9N3. The second-order valence-corrected chi connectivity index (χ2v) is 1.26. The largest absolute Gasteiger partial charge is 0.240 e. The lowest BCUT2D eigenvalue weighted by Gasteiger charge is -1.80. The van der Waals surface area contributed by atoms with Crippen LogP contribution >= 0.6 is 0 Å². The van der Waals surface area contributed by atoms with E-state index in [0.29, 0.717) is 5.84 Å². The summed E-state index contributed by atoms with van der Waals surface area (Å²) in [6, 6.07) is 0. The Hall–Kier alpha value is -1.25. The molecular weight excluding hydrogens is 114 g/mol. The first-order valence-corrected chi connectivity index (χ1v) is 2.48. The number of rotatable bonds is 2. The van der Waals surface area contributed by atoms with Crippen molar-refractivity contribution in [2.24, 2.45) is 15.2 Å². The minimum absolute atomic E-state index is 0.574. The zero-order chi connectivity index (χ0) is 7.11. The maximum absolute atomic E-state index is 3.73. The van der Waals surface area contributed by atoms with E-state index in [1.807, 2.05) is 0 Å². The third kappa shape index (κ3) is 4.61. The van der Waals surface area contributed by atoms with E-state index < -0.39 is 0 Å². The lowest BCUT2D eigenvalue weighted by molar-refractivity contribution is 1.25. The Bertz CT molecular complexity index is 156. The van der Waals surface area contributed by atoms with Crippen LogP contribution in [0.1, 0.15) is 6.92 Å². The fraction of sp³-hybridized carbons (Fsp3) is 0.167. The number of azo groups is 1. The molecule has 0 radical (unpaired) electrons. The smallest absolute Gasteiger partial charge is 0.147 e. The molecule has 0 aliphatic heterocycles. The highest BCUT2D eigenvalue weighted by Crippen LogP contribution is 1.82. The van der Waals surface area contributed by atoms with Gasteiger partial charge in [-0.3, -0.25) is 0 Å². The molecule has 0 aromatic carbocycles. The predicted octanol–water partition coefficient (Wildman–Crippen LogP) is 2.14. The van der Waals surface area contributed by atoms with Crippen molar-refractivity contribution in [3.8, 4) is 0 Å². The van der Waals surface area contributed by atoms with Crippen molar-refractivity contribution in [1.82, 2.24) is 0 Å². The lowest BCUT2D eigenvalue weighted by atomic mass is 10.7. The normalized spacial score (nSPS) is 11.9. The maximum atomic E-state index is 3.73. The highest BCUT2D eigenvalue weighted by Gasteiger charge is 1.77. The van der Waals surface area contributed by atoms with Gasteiger partial charge in [-0.1, -0.05) is 13.2 Å². The first-order chi connectivity index (χ1) is 4.31. The summed E-state index contributed by atoms with van der Waals surface area (Å²) in [5.41, 5.74) is 0. The highest BCUT2D eigenvalue weighted by atomic mass is 15.1. The lowest BCUT2D eigenvalue weighted by Crippen LogP contribution is -1.78.